The van der Waals surface area contributed by atoms with E-state index < -0.39 is 0 Å². The lowest BCUT2D eigenvalue weighted by atomic mass is 10.1. The molecule has 0 aliphatic heterocycles. The van der Waals surface area contributed by atoms with Gasteiger partial charge in [-0.2, -0.15) is 5.10 Å². The molecule has 0 amide bonds. The summed E-state index contributed by atoms with van der Waals surface area (Å²) in [4.78, 5) is 34.8. The second kappa shape index (κ2) is 7.31. The van der Waals surface area contributed by atoms with Crippen LogP contribution in [0.4, 0.5) is 5.69 Å². The molecular formula is C23H16N8OS. The molecule has 0 aliphatic carbocycles. The Morgan fingerprint density at radius 2 is 1.85 bits per heavy atom. The minimum absolute atomic E-state index is 0.0364. The van der Waals surface area contributed by atoms with Crippen molar-refractivity contribution in [2.45, 2.75) is 6.92 Å². The van der Waals surface area contributed by atoms with Crippen LogP contribution in [-0.4, -0.2) is 40.9 Å². The third-order valence-electron chi connectivity index (χ3n) is 5.30. The van der Waals surface area contributed by atoms with Crippen LogP contribution in [0.1, 0.15) is 16.6 Å². The predicted molar refractivity (Wildman–Crippen MR) is 128 cm³/mol. The molecule has 6 heterocycles. The lowest BCUT2D eigenvalue weighted by Crippen LogP contribution is -1.90. The number of fused-ring (bicyclic) bond motifs is 2. The summed E-state index contributed by atoms with van der Waals surface area (Å²) in [5.41, 5.74) is 12.5. The molecule has 0 saturated carbocycles. The van der Waals surface area contributed by atoms with Gasteiger partial charge >= 0.3 is 0 Å². The number of nitrogens with one attached hydrogen (secondary N) is 2. The number of ketones is 1. The third-order valence-corrected chi connectivity index (χ3v) is 6.52. The van der Waals surface area contributed by atoms with Crippen molar-refractivity contribution in [2.24, 2.45) is 0 Å². The maximum atomic E-state index is 11.7. The predicted octanol–water partition coefficient (Wildman–Crippen LogP) is 4.47. The Kier molecular flexibility index (Phi) is 4.27. The molecule has 0 unspecified atom stereocenters. The van der Waals surface area contributed by atoms with Crippen LogP contribution in [-0.2, 0) is 0 Å². The standard InChI is InChI=1S/C23H16N8OS/c1-11(32)18-4-5-19(33-18)14-9-26-10-17-20(14)29-23(28-17)22-21-16(30-31-22)3-2-15(27-21)12-6-13(24)8-25-7-12/h2-10H,24H2,1H3,(H,28,29)(H,30,31). The number of H-pyrrole nitrogens is 2. The Balaban J connectivity index is 1.48. The molecule has 4 N–H and O–H groups in total. The molecule has 0 radical (unpaired) electrons. The summed E-state index contributed by atoms with van der Waals surface area (Å²) in [6.07, 6.45) is 6.80. The summed E-state index contributed by atoms with van der Waals surface area (Å²) in [7, 11) is 0. The zero-order valence-electron chi connectivity index (χ0n) is 17.3. The minimum atomic E-state index is 0.0364. The van der Waals surface area contributed by atoms with E-state index in [2.05, 4.69) is 25.1 Å². The molecule has 0 spiro atoms. The lowest BCUT2D eigenvalue weighted by molar-refractivity contribution is 0.102. The van der Waals surface area contributed by atoms with Gasteiger partial charge in [0.25, 0.3) is 0 Å². The first-order chi connectivity index (χ1) is 16.1. The highest BCUT2D eigenvalue weighted by Gasteiger charge is 2.18. The number of hydrogen-bond donors (Lipinski definition) is 3. The van der Waals surface area contributed by atoms with Gasteiger partial charge < -0.3 is 10.7 Å². The fraction of sp³-hybridized carbons (Fsp3) is 0.0435. The lowest BCUT2D eigenvalue weighted by Gasteiger charge is -2.02. The maximum Gasteiger partial charge on any atom is 0.169 e. The molecule has 6 aromatic heterocycles. The van der Waals surface area contributed by atoms with E-state index in [-0.39, 0.29) is 5.78 Å². The van der Waals surface area contributed by atoms with Crippen LogP contribution in [0.15, 0.2) is 55.1 Å². The van der Waals surface area contributed by atoms with E-state index in [4.69, 9.17) is 15.7 Å². The molecule has 0 atom stereocenters. The fourth-order valence-electron chi connectivity index (χ4n) is 3.72. The summed E-state index contributed by atoms with van der Waals surface area (Å²) in [6, 6.07) is 9.39. The summed E-state index contributed by atoms with van der Waals surface area (Å²) >= 11 is 1.43. The Morgan fingerprint density at radius 1 is 0.970 bits per heavy atom. The van der Waals surface area contributed by atoms with Gasteiger partial charge in [0.15, 0.2) is 17.3 Å². The van der Waals surface area contributed by atoms with Crippen LogP contribution in [0.5, 0.6) is 0 Å². The summed E-state index contributed by atoms with van der Waals surface area (Å²) < 4.78 is 0. The van der Waals surface area contributed by atoms with Crippen LogP contribution in [0, 0.1) is 0 Å². The highest BCUT2D eigenvalue weighted by molar-refractivity contribution is 7.17. The number of rotatable bonds is 4. The first-order valence-corrected chi connectivity index (χ1v) is 10.9. The van der Waals surface area contributed by atoms with E-state index in [9.17, 15) is 4.79 Å². The number of Topliss-reactive ketones (excluding diaryl/α,β-unsaturated/α-hetero) is 1. The average Bonchev–Trinajstić information content (AvgIpc) is 3.55. The van der Waals surface area contributed by atoms with E-state index in [1.165, 1.54) is 11.3 Å². The molecule has 9 nitrogen and oxygen atoms in total. The quantitative estimate of drug-likeness (QED) is 0.335. The molecule has 33 heavy (non-hydrogen) atoms. The van der Waals surface area contributed by atoms with Gasteiger partial charge in [0.2, 0.25) is 0 Å². The topological polar surface area (TPSA) is 139 Å². The van der Waals surface area contributed by atoms with Crippen molar-refractivity contribution >= 4 is 44.9 Å². The van der Waals surface area contributed by atoms with Gasteiger partial charge in [0.1, 0.15) is 11.0 Å². The van der Waals surface area contributed by atoms with Crippen molar-refractivity contribution in [1.29, 1.82) is 0 Å². The van der Waals surface area contributed by atoms with E-state index in [1.807, 2.05) is 30.3 Å². The first kappa shape index (κ1) is 19.3. The van der Waals surface area contributed by atoms with Crippen molar-refractivity contribution < 1.29 is 4.79 Å². The smallest absolute Gasteiger partial charge is 0.169 e. The number of nitrogen functional groups attached to an aromatic ring is 1. The Morgan fingerprint density at radius 3 is 2.67 bits per heavy atom. The first-order valence-electron chi connectivity index (χ1n) is 10.1. The summed E-state index contributed by atoms with van der Waals surface area (Å²) in [6.45, 7) is 1.56. The van der Waals surface area contributed by atoms with E-state index in [1.54, 1.807) is 31.7 Å². The number of imidazole rings is 1. The van der Waals surface area contributed by atoms with Gasteiger partial charge in [-0.3, -0.25) is 19.9 Å². The Hall–Kier alpha value is -4.44. The Labute approximate surface area is 190 Å². The molecular weight excluding hydrogens is 436 g/mol. The van der Waals surface area contributed by atoms with Crippen molar-refractivity contribution in [1.82, 2.24) is 35.1 Å². The monoisotopic (exact) mass is 452 g/mol. The highest BCUT2D eigenvalue weighted by atomic mass is 32.1. The second-order valence-electron chi connectivity index (χ2n) is 7.56. The van der Waals surface area contributed by atoms with Crippen LogP contribution in [0.3, 0.4) is 0 Å². The number of aromatic amines is 2. The van der Waals surface area contributed by atoms with E-state index in [0.29, 0.717) is 27.6 Å². The number of anilines is 1. The molecule has 10 heteroatoms. The second-order valence-corrected chi connectivity index (χ2v) is 8.64. The van der Waals surface area contributed by atoms with Crippen LogP contribution >= 0.6 is 11.3 Å². The minimum Gasteiger partial charge on any atom is -0.397 e. The van der Waals surface area contributed by atoms with Crippen LogP contribution in [0.2, 0.25) is 0 Å². The highest BCUT2D eigenvalue weighted by Crippen LogP contribution is 2.34. The molecule has 160 valence electrons. The normalized spacial score (nSPS) is 11.4. The maximum absolute atomic E-state index is 11.7. The summed E-state index contributed by atoms with van der Waals surface area (Å²) in [5.74, 6) is 0.610. The van der Waals surface area contributed by atoms with Gasteiger partial charge in [-0.25, -0.2) is 9.97 Å². The molecule has 6 aromatic rings. The zero-order chi connectivity index (χ0) is 22.5. The van der Waals surface area contributed by atoms with Crippen LogP contribution < -0.4 is 5.73 Å². The third kappa shape index (κ3) is 3.24. The summed E-state index contributed by atoms with van der Waals surface area (Å²) in [5, 5.41) is 7.48. The van der Waals surface area contributed by atoms with Gasteiger partial charge in [-0.15, -0.1) is 11.3 Å². The number of aromatic nitrogens is 7. The number of nitrogens with two attached hydrogens (primary N) is 1. The number of carbonyl (C=O) groups excluding carboxylic acids is 1. The molecule has 0 bridgehead atoms. The number of thiophene rings is 1. The van der Waals surface area contributed by atoms with Gasteiger partial charge in [-0.1, -0.05) is 0 Å². The SMILES string of the molecule is CC(=O)c1ccc(-c2cncc3[nH]c(-c4n[nH]c5ccc(-c6cncc(N)c6)nc45)nc23)s1. The molecule has 6 rings (SSSR count). The number of nitrogens with zero attached hydrogens (tertiary/aromatic N) is 5. The molecule has 0 fully saturated rings. The van der Waals surface area contributed by atoms with Crippen molar-refractivity contribution in [3.8, 4) is 33.2 Å². The number of pyridine rings is 3. The number of carbonyl (C=O) groups is 1. The van der Waals surface area contributed by atoms with Crippen molar-refractivity contribution in [2.75, 3.05) is 5.73 Å². The van der Waals surface area contributed by atoms with Gasteiger partial charge in [0, 0.05) is 34.6 Å². The van der Waals surface area contributed by atoms with Gasteiger partial charge in [0.05, 0.1) is 33.5 Å². The fourth-order valence-corrected chi connectivity index (χ4v) is 4.63. The zero-order valence-corrected chi connectivity index (χ0v) is 18.1. The molecule has 0 aliphatic rings. The molecule has 0 aromatic carbocycles. The van der Waals surface area contributed by atoms with Crippen LogP contribution in [0.25, 0.3) is 55.3 Å². The van der Waals surface area contributed by atoms with E-state index >= 15 is 0 Å². The van der Waals surface area contributed by atoms with Gasteiger partial charge in [-0.05, 0) is 37.3 Å². The molecule has 0 saturated heterocycles. The van der Waals surface area contributed by atoms with Crippen molar-refractivity contribution in [3.63, 3.8) is 0 Å². The van der Waals surface area contributed by atoms with E-state index in [0.717, 1.165) is 38.2 Å². The Bertz CT molecular complexity index is 1680. The average molecular weight is 453 g/mol. The van der Waals surface area contributed by atoms with Crippen molar-refractivity contribution in [3.05, 3.63) is 60.0 Å². The largest absolute Gasteiger partial charge is 0.397 e. The number of hydrogen-bond acceptors (Lipinski definition) is 8.